The summed E-state index contributed by atoms with van der Waals surface area (Å²) in [6.07, 6.45) is 1.07. The van der Waals surface area contributed by atoms with Crippen LogP contribution in [0.3, 0.4) is 0 Å². The monoisotopic (exact) mass is 248 g/mol. The van der Waals surface area contributed by atoms with Crippen LogP contribution in [0, 0.1) is 0 Å². The molecule has 1 aromatic rings. The Hall–Kier alpha value is -1.06. The molecule has 0 aromatic heterocycles. The highest BCUT2D eigenvalue weighted by atomic mass is 16.5. The summed E-state index contributed by atoms with van der Waals surface area (Å²) in [5.74, 6) is 0.999. The molecule has 1 heterocycles. The lowest BCUT2D eigenvalue weighted by atomic mass is 10.0. The number of aryl methyl sites for hydroxylation is 1. The Morgan fingerprint density at radius 3 is 2.61 bits per heavy atom. The molecule has 1 aliphatic heterocycles. The second kappa shape index (κ2) is 6.76. The van der Waals surface area contributed by atoms with Crippen LogP contribution in [-0.4, -0.2) is 37.7 Å². The number of nitrogens with zero attached hydrogens (tertiary/aromatic N) is 1. The largest absolute Gasteiger partial charge is 0.494 e. The molecular formula is C15H24N2O. The molecule has 0 radical (unpaired) electrons. The molecule has 0 amide bonds. The quantitative estimate of drug-likeness (QED) is 0.863. The van der Waals surface area contributed by atoms with Crippen LogP contribution in [0.15, 0.2) is 18.2 Å². The van der Waals surface area contributed by atoms with Crippen molar-refractivity contribution < 1.29 is 4.74 Å². The third-order valence-electron chi connectivity index (χ3n) is 3.47. The van der Waals surface area contributed by atoms with Crippen molar-refractivity contribution in [3.05, 3.63) is 29.3 Å². The maximum atomic E-state index is 5.57. The number of nitrogens with one attached hydrogen (secondary N) is 1. The predicted octanol–water partition coefficient (Wildman–Crippen LogP) is 2.05. The van der Waals surface area contributed by atoms with Crippen molar-refractivity contribution in [3.8, 4) is 5.75 Å². The molecule has 0 aliphatic carbocycles. The van der Waals surface area contributed by atoms with Gasteiger partial charge in [-0.25, -0.2) is 0 Å². The lowest BCUT2D eigenvalue weighted by molar-refractivity contribution is 0.232. The van der Waals surface area contributed by atoms with Crippen LogP contribution in [0.1, 0.15) is 25.0 Å². The number of hydrogen-bond acceptors (Lipinski definition) is 3. The number of benzene rings is 1. The van der Waals surface area contributed by atoms with Crippen LogP contribution < -0.4 is 10.1 Å². The summed E-state index contributed by atoms with van der Waals surface area (Å²) in [5.41, 5.74) is 2.86. The highest BCUT2D eigenvalue weighted by molar-refractivity contribution is 5.35. The number of rotatable bonds is 5. The van der Waals surface area contributed by atoms with E-state index in [0.717, 1.165) is 51.5 Å². The SMILES string of the molecule is CCOc1ccc(CN2CCNCC2)c(CC)c1. The van der Waals surface area contributed by atoms with Crippen molar-refractivity contribution in [2.24, 2.45) is 0 Å². The molecule has 1 aliphatic rings. The highest BCUT2D eigenvalue weighted by Crippen LogP contribution is 2.20. The van der Waals surface area contributed by atoms with Crippen molar-refractivity contribution in [3.63, 3.8) is 0 Å². The first kappa shape index (κ1) is 13.4. The summed E-state index contributed by atoms with van der Waals surface area (Å²) in [4.78, 5) is 2.52. The van der Waals surface area contributed by atoms with E-state index in [9.17, 15) is 0 Å². The van der Waals surface area contributed by atoms with E-state index >= 15 is 0 Å². The second-order valence-electron chi connectivity index (χ2n) is 4.74. The molecule has 0 unspecified atom stereocenters. The first-order chi connectivity index (χ1) is 8.83. The zero-order valence-electron chi connectivity index (χ0n) is 11.5. The van der Waals surface area contributed by atoms with Gasteiger partial charge in [-0.15, -0.1) is 0 Å². The van der Waals surface area contributed by atoms with Crippen LogP contribution in [0.25, 0.3) is 0 Å². The van der Waals surface area contributed by atoms with Crippen molar-refractivity contribution in [1.82, 2.24) is 10.2 Å². The Morgan fingerprint density at radius 1 is 1.17 bits per heavy atom. The molecule has 1 fully saturated rings. The minimum Gasteiger partial charge on any atom is -0.494 e. The molecule has 3 nitrogen and oxygen atoms in total. The van der Waals surface area contributed by atoms with Crippen molar-refractivity contribution in [1.29, 1.82) is 0 Å². The molecule has 18 heavy (non-hydrogen) atoms. The maximum Gasteiger partial charge on any atom is 0.119 e. The van der Waals surface area contributed by atoms with Gasteiger partial charge in [-0.1, -0.05) is 13.0 Å². The van der Waals surface area contributed by atoms with Gasteiger partial charge in [0, 0.05) is 32.7 Å². The van der Waals surface area contributed by atoms with Crippen LogP contribution in [0.5, 0.6) is 5.75 Å². The Labute approximate surface area is 110 Å². The predicted molar refractivity (Wildman–Crippen MR) is 75.1 cm³/mol. The average Bonchev–Trinajstić information content (AvgIpc) is 2.42. The minimum atomic E-state index is 0.736. The van der Waals surface area contributed by atoms with Crippen molar-refractivity contribution in [2.75, 3.05) is 32.8 Å². The lowest BCUT2D eigenvalue weighted by Gasteiger charge is -2.28. The van der Waals surface area contributed by atoms with Crippen LogP contribution in [0.4, 0.5) is 0 Å². The Kier molecular flexibility index (Phi) is 5.02. The highest BCUT2D eigenvalue weighted by Gasteiger charge is 2.12. The van der Waals surface area contributed by atoms with E-state index in [-0.39, 0.29) is 0 Å². The van der Waals surface area contributed by atoms with Crippen LogP contribution in [-0.2, 0) is 13.0 Å². The third kappa shape index (κ3) is 3.47. The summed E-state index contributed by atoms with van der Waals surface area (Å²) >= 11 is 0. The summed E-state index contributed by atoms with van der Waals surface area (Å²) in [6.45, 7) is 10.6. The van der Waals surface area contributed by atoms with Gasteiger partial charge in [0.15, 0.2) is 0 Å². The van der Waals surface area contributed by atoms with E-state index in [4.69, 9.17) is 4.74 Å². The number of hydrogen-bond donors (Lipinski definition) is 1. The van der Waals surface area contributed by atoms with Gasteiger partial charge < -0.3 is 10.1 Å². The van der Waals surface area contributed by atoms with Gasteiger partial charge in [0.1, 0.15) is 5.75 Å². The van der Waals surface area contributed by atoms with E-state index in [0.29, 0.717) is 0 Å². The molecule has 0 atom stereocenters. The Bertz CT molecular complexity index is 373. The normalized spacial score (nSPS) is 16.8. The zero-order chi connectivity index (χ0) is 12.8. The summed E-state index contributed by atoms with van der Waals surface area (Å²) in [7, 11) is 0. The van der Waals surface area contributed by atoms with Crippen molar-refractivity contribution >= 4 is 0 Å². The molecule has 3 heteroatoms. The summed E-state index contributed by atoms with van der Waals surface area (Å²) in [5, 5.41) is 3.39. The summed E-state index contributed by atoms with van der Waals surface area (Å²) < 4.78 is 5.57. The molecular weight excluding hydrogens is 224 g/mol. The topological polar surface area (TPSA) is 24.5 Å². The Balaban J connectivity index is 2.06. The third-order valence-corrected chi connectivity index (χ3v) is 3.47. The standard InChI is InChI=1S/C15H24N2O/c1-3-13-11-15(18-4-2)6-5-14(13)12-17-9-7-16-8-10-17/h5-6,11,16H,3-4,7-10,12H2,1-2H3. The van der Waals surface area contributed by atoms with Gasteiger partial charge in [0.2, 0.25) is 0 Å². The maximum absolute atomic E-state index is 5.57. The fourth-order valence-corrected chi connectivity index (χ4v) is 2.45. The molecule has 1 aromatic carbocycles. The fraction of sp³-hybridized carbons (Fsp3) is 0.600. The van der Waals surface area contributed by atoms with E-state index in [1.807, 2.05) is 6.92 Å². The van der Waals surface area contributed by atoms with Gasteiger partial charge >= 0.3 is 0 Å². The molecule has 100 valence electrons. The zero-order valence-corrected chi connectivity index (χ0v) is 11.5. The first-order valence-electron chi connectivity index (χ1n) is 7.01. The molecule has 0 bridgehead atoms. The fourth-order valence-electron chi connectivity index (χ4n) is 2.45. The van der Waals surface area contributed by atoms with Crippen LogP contribution >= 0.6 is 0 Å². The lowest BCUT2D eigenvalue weighted by Crippen LogP contribution is -2.43. The van der Waals surface area contributed by atoms with E-state index in [1.54, 1.807) is 0 Å². The average molecular weight is 248 g/mol. The van der Waals surface area contributed by atoms with E-state index in [1.165, 1.54) is 11.1 Å². The minimum absolute atomic E-state index is 0.736. The van der Waals surface area contributed by atoms with E-state index < -0.39 is 0 Å². The second-order valence-corrected chi connectivity index (χ2v) is 4.74. The van der Waals surface area contributed by atoms with E-state index in [2.05, 4.69) is 35.3 Å². The number of ether oxygens (including phenoxy) is 1. The van der Waals surface area contributed by atoms with Crippen LogP contribution in [0.2, 0.25) is 0 Å². The van der Waals surface area contributed by atoms with Gasteiger partial charge in [-0.2, -0.15) is 0 Å². The molecule has 2 rings (SSSR count). The Morgan fingerprint density at radius 2 is 1.94 bits per heavy atom. The first-order valence-corrected chi connectivity index (χ1v) is 7.01. The van der Waals surface area contributed by atoms with Gasteiger partial charge in [0.05, 0.1) is 6.61 Å². The molecule has 0 spiro atoms. The van der Waals surface area contributed by atoms with Crippen molar-refractivity contribution in [2.45, 2.75) is 26.8 Å². The molecule has 0 saturated carbocycles. The van der Waals surface area contributed by atoms with Gasteiger partial charge in [-0.05, 0) is 36.6 Å². The molecule has 1 saturated heterocycles. The molecule has 1 N–H and O–H groups in total. The van der Waals surface area contributed by atoms with Gasteiger partial charge in [0.25, 0.3) is 0 Å². The smallest absolute Gasteiger partial charge is 0.119 e. The summed E-state index contributed by atoms with van der Waals surface area (Å²) in [6, 6.07) is 6.52. The van der Waals surface area contributed by atoms with Gasteiger partial charge in [-0.3, -0.25) is 4.90 Å². The number of piperazine rings is 1.